The Kier molecular flexibility index (Phi) is 8.13. The number of halogens is 2. The van der Waals surface area contributed by atoms with E-state index in [4.69, 9.17) is 30.5 Å². The Morgan fingerprint density at radius 2 is 1.86 bits per heavy atom. The van der Waals surface area contributed by atoms with Crippen LogP contribution in [0, 0.1) is 0 Å². The van der Waals surface area contributed by atoms with Crippen molar-refractivity contribution in [1.82, 2.24) is 9.66 Å². The molecule has 0 aliphatic heterocycles. The van der Waals surface area contributed by atoms with Crippen molar-refractivity contribution < 1.29 is 13.9 Å². The molecule has 9 heteroatoms. The summed E-state index contributed by atoms with van der Waals surface area (Å²) in [5.41, 5.74) is 3.28. The number of methoxy groups -OCH3 is 1. The van der Waals surface area contributed by atoms with E-state index >= 15 is 0 Å². The molecule has 0 saturated carbocycles. The normalized spacial score (nSPS) is 11.4. The number of nitrogens with zero attached hydrogens (tertiary/aromatic N) is 3. The first-order valence-electron chi connectivity index (χ1n) is 13.4. The molecule has 0 N–H and O–H groups in total. The zero-order valence-corrected chi connectivity index (χ0v) is 25.4. The maximum atomic E-state index is 13.7. The van der Waals surface area contributed by atoms with E-state index in [-0.39, 0.29) is 18.0 Å². The smallest absolute Gasteiger partial charge is 0.282 e. The Bertz CT molecular complexity index is 2080. The Morgan fingerprint density at radius 3 is 2.67 bits per heavy atom. The van der Waals surface area contributed by atoms with Crippen LogP contribution in [0.2, 0.25) is 5.02 Å². The molecule has 4 aromatic carbocycles. The molecule has 0 spiro atoms. The second kappa shape index (κ2) is 12.3. The molecule has 0 unspecified atom stereocenters. The standard InChI is InChI=1S/C34H25BrClN3O4/c1-3-8-22-15-21(16-30(41-2)32(22)42-20-23-9-4-6-11-27(23)36)19-37-39-33(38-28-12-7-5-10-26(28)34(39)40)31-18-24-17-25(35)13-14-29(24)43-31/h3-7,9-19H,1,8,20H2,2H3. The molecule has 2 heterocycles. The fourth-order valence-electron chi connectivity index (χ4n) is 4.79. The van der Waals surface area contributed by atoms with Gasteiger partial charge in [0.05, 0.1) is 24.2 Å². The fraction of sp³-hybridized carbons (Fsp3) is 0.0882. The van der Waals surface area contributed by atoms with E-state index in [1.165, 1.54) is 4.68 Å². The van der Waals surface area contributed by atoms with E-state index in [2.05, 4.69) is 27.6 Å². The van der Waals surface area contributed by atoms with E-state index < -0.39 is 0 Å². The van der Waals surface area contributed by atoms with Crippen LogP contribution >= 0.6 is 27.5 Å². The number of para-hydroxylation sites is 1. The topological polar surface area (TPSA) is 78.9 Å². The van der Waals surface area contributed by atoms with E-state index in [9.17, 15) is 4.79 Å². The summed E-state index contributed by atoms with van der Waals surface area (Å²) in [6.07, 6.45) is 3.90. The number of hydrogen-bond acceptors (Lipinski definition) is 6. The first kappa shape index (κ1) is 28.5. The van der Waals surface area contributed by atoms with Gasteiger partial charge in [-0.2, -0.15) is 9.78 Å². The molecule has 6 rings (SSSR count). The van der Waals surface area contributed by atoms with Crippen molar-refractivity contribution in [3.05, 3.63) is 134 Å². The van der Waals surface area contributed by atoms with Gasteiger partial charge in [0, 0.05) is 26.0 Å². The Hall–Kier alpha value is -4.66. The van der Waals surface area contributed by atoms with Gasteiger partial charge in [0.25, 0.3) is 5.56 Å². The summed E-state index contributed by atoms with van der Waals surface area (Å²) in [6.45, 7) is 4.17. The van der Waals surface area contributed by atoms with Gasteiger partial charge in [-0.25, -0.2) is 4.98 Å². The lowest BCUT2D eigenvalue weighted by atomic mass is 10.1. The molecule has 0 fully saturated rings. The minimum absolute atomic E-state index is 0.267. The highest BCUT2D eigenvalue weighted by Crippen LogP contribution is 2.35. The zero-order valence-electron chi connectivity index (χ0n) is 23.1. The van der Waals surface area contributed by atoms with Crippen molar-refractivity contribution in [3.63, 3.8) is 0 Å². The van der Waals surface area contributed by atoms with Crippen LogP contribution in [0.15, 0.2) is 116 Å². The Morgan fingerprint density at radius 1 is 1.05 bits per heavy atom. The van der Waals surface area contributed by atoms with E-state index in [0.717, 1.165) is 21.0 Å². The van der Waals surface area contributed by atoms with Crippen LogP contribution in [0.4, 0.5) is 0 Å². The monoisotopic (exact) mass is 653 g/mol. The summed E-state index contributed by atoms with van der Waals surface area (Å²) < 4.78 is 20.2. The number of furan rings is 1. The van der Waals surface area contributed by atoms with Crippen molar-refractivity contribution in [1.29, 1.82) is 0 Å². The van der Waals surface area contributed by atoms with Crippen LogP contribution < -0.4 is 15.0 Å². The third-order valence-corrected chi connectivity index (χ3v) is 7.70. The van der Waals surface area contributed by atoms with Crippen LogP contribution in [0.25, 0.3) is 33.5 Å². The number of aromatic nitrogens is 2. The van der Waals surface area contributed by atoms with Gasteiger partial charge in [-0.1, -0.05) is 63.9 Å². The SMILES string of the molecule is C=CCc1cc(C=Nn2c(-c3cc4cc(Br)ccc4o3)nc3ccccc3c2=O)cc(OC)c1OCc1ccccc1Cl. The molecule has 0 radical (unpaired) electrons. The lowest BCUT2D eigenvalue weighted by Gasteiger charge is -2.16. The summed E-state index contributed by atoms with van der Waals surface area (Å²) >= 11 is 9.84. The molecular weight excluding hydrogens is 630 g/mol. The first-order chi connectivity index (χ1) is 20.9. The lowest BCUT2D eigenvalue weighted by Crippen LogP contribution is -2.20. The summed E-state index contributed by atoms with van der Waals surface area (Å²) in [5.74, 6) is 1.80. The maximum Gasteiger partial charge on any atom is 0.282 e. The van der Waals surface area contributed by atoms with Gasteiger partial charge in [0.1, 0.15) is 12.2 Å². The summed E-state index contributed by atoms with van der Waals surface area (Å²) in [6, 6.07) is 25.9. The average molecular weight is 655 g/mol. The molecule has 214 valence electrons. The van der Waals surface area contributed by atoms with Crippen LogP contribution in [0.3, 0.4) is 0 Å². The number of hydrogen-bond donors (Lipinski definition) is 0. The van der Waals surface area contributed by atoms with E-state index in [0.29, 0.717) is 50.8 Å². The number of ether oxygens (including phenoxy) is 2. The molecule has 0 aliphatic rings. The minimum Gasteiger partial charge on any atom is -0.493 e. The quantitative estimate of drug-likeness (QED) is 0.116. The number of benzene rings is 4. The van der Waals surface area contributed by atoms with Gasteiger partial charge in [-0.15, -0.1) is 6.58 Å². The van der Waals surface area contributed by atoms with Crippen molar-refractivity contribution in [2.75, 3.05) is 7.11 Å². The molecule has 0 saturated heterocycles. The largest absolute Gasteiger partial charge is 0.493 e. The van der Waals surface area contributed by atoms with Gasteiger partial charge < -0.3 is 13.9 Å². The molecule has 6 aromatic rings. The number of rotatable bonds is 9. The van der Waals surface area contributed by atoms with Crippen molar-refractivity contribution in [2.45, 2.75) is 13.0 Å². The molecule has 0 bridgehead atoms. The summed E-state index contributed by atoms with van der Waals surface area (Å²) in [5, 5.41) is 6.54. The van der Waals surface area contributed by atoms with Gasteiger partial charge >= 0.3 is 0 Å². The van der Waals surface area contributed by atoms with Crippen LogP contribution in [0.5, 0.6) is 11.5 Å². The minimum atomic E-state index is -0.323. The van der Waals surface area contributed by atoms with Gasteiger partial charge in [-0.3, -0.25) is 4.79 Å². The van der Waals surface area contributed by atoms with Crippen LogP contribution in [-0.4, -0.2) is 23.0 Å². The Balaban J connectivity index is 1.43. The molecule has 2 aromatic heterocycles. The van der Waals surface area contributed by atoms with Crippen molar-refractivity contribution in [3.8, 4) is 23.1 Å². The second-order valence-corrected chi connectivity index (χ2v) is 11.0. The van der Waals surface area contributed by atoms with Gasteiger partial charge in [-0.05, 0) is 66.6 Å². The summed E-state index contributed by atoms with van der Waals surface area (Å²) in [7, 11) is 1.58. The maximum absolute atomic E-state index is 13.7. The number of allylic oxidation sites excluding steroid dienone is 1. The van der Waals surface area contributed by atoms with Crippen molar-refractivity contribution >= 4 is 55.6 Å². The third-order valence-electron chi connectivity index (χ3n) is 6.84. The molecule has 0 aliphatic carbocycles. The first-order valence-corrected chi connectivity index (χ1v) is 14.6. The van der Waals surface area contributed by atoms with Gasteiger partial charge in [0.2, 0.25) is 5.82 Å². The predicted octanol–water partition coefficient (Wildman–Crippen LogP) is 8.42. The van der Waals surface area contributed by atoms with Crippen molar-refractivity contribution in [2.24, 2.45) is 5.10 Å². The molecule has 0 amide bonds. The molecule has 7 nitrogen and oxygen atoms in total. The molecule has 43 heavy (non-hydrogen) atoms. The van der Waals surface area contributed by atoms with E-state index in [1.807, 2.05) is 60.7 Å². The fourth-order valence-corrected chi connectivity index (χ4v) is 5.35. The van der Waals surface area contributed by atoms with Crippen LogP contribution in [0.1, 0.15) is 16.7 Å². The van der Waals surface area contributed by atoms with Gasteiger partial charge in [0.15, 0.2) is 17.3 Å². The molecule has 0 atom stereocenters. The highest BCUT2D eigenvalue weighted by atomic mass is 79.9. The average Bonchev–Trinajstić information content (AvgIpc) is 3.43. The second-order valence-electron chi connectivity index (χ2n) is 9.69. The Labute approximate surface area is 260 Å². The lowest BCUT2D eigenvalue weighted by molar-refractivity contribution is 0.282. The highest BCUT2D eigenvalue weighted by Gasteiger charge is 2.18. The highest BCUT2D eigenvalue weighted by molar-refractivity contribution is 9.10. The summed E-state index contributed by atoms with van der Waals surface area (Å²) in [4.78, 5) is 18.5. The number of fused-ring (bicyclic) bond motifs is 2. The zero-order chi connectivity index (χ0) is 29.9. The predicted molar refractivity (Wildman–Crippen MR) is 175 cm³/mol. The van der Waals surface area contributed by atoms with Crippen LogP contribution in [-0.2, 0) is 13.0 Å². The molecular formula is C34H25BrClN3O4. The van der Waals surface area contributed by atoms with E-state index in [1.54, 1.807) is 43.7 Å². The third kappa shape index (κ3) is 5.84.